The van der Waals surface area contributed by atoms with Crippen LogP contribution in [0.1, 0.15) is 11.8 Å². The number of fused-ring (bicyclic) bond motifs is 1. The predicted octanol–water partition coefficient (Wildman–Crippen LogP) is -2.77. The average molecular weight is 390 g/mol. The third-order valence-electron chi connectivity index (χ3n) is 4.45. The van der Waals surface area contributed by atoms with Crippen molar-refractivity contribution in [1.82, 2.24) is 29.3 Å². The zero-order valence-electron chi connectivity index (χ0n) is 14.5. The minimum atomic E-state index is -1.30. The van der Waals surface area contributed by atoms with E-state index in [9.17, 15) is 20.1 Å². The average Bonchev–Trinajstić information content (AvgIpc) is 3.34. The van der Waals surface area contributed by atoms with Crippen LogP contribution in [0, 0.1) is 0 Å². The van der Waals surface area contributed by atoms with E-state index >= 15 is 0 Å². The van der Waals surface area contributed by atoms with Crippen LogP contribution in [0.15, 0.2) is 18.7 Å². The van der Waals surface area contributed by atoms with Gasteiger partial charge in [-0.05, 0) is 5.56 Å². The lowest BCUT2D eigenvalue weighted by Crippen LogP contribution is -2.33. The molecule has 28 heavy (non-hydrogen) atoms. The summed E-state index contributed by atoms with van der Waals surface area (Å²) in [5, 5.41) is 33.6. The van der Waals surface area contributed by atoms with E-state index in [4.69, 9.17) is 16.2 Å². The Labute approximate surface area is 157 Å². The highest BCUT2D eigenvalue weighted by molar-refractivity contribution is 5.82. The van der Waals surface area contributed by atoms with Crippen molar-refractivity contribution in [3.05, 3.63) is 24.3 Å². The molecule has 1 amide bonds. The Balaban J connectivity index is 1.75. The molecule has 13 heteroatoms. The zero-order valence-corrected chi connectivity index (χ0v) is 14.5. The number of ether oxygens (including phenoxy) is 1. The van der Waals surface area contributed by atoms with Gasteiger partial charge in [0, 0.05) is 6.20 Å². The van der Waals surface area contributed by atoms with Gasteiger partial charge in [0.15, 0.2) is 17.7 Å². The highest BCUT2D eigenvalue weighted by Gasteiger charge is 2.44. The molecular weight excluding hydrogens is 372 g/mol. The van der Waals surface area contributed by atoms with Crippen LogP contribution in [-0.2, 0) is 16.0 Å². The van der Waals surface area contributed by atoms with E-state index in [2.05, 4.69) is 20.1 Å². The fourth-order valence-corrected chi connectivity index (χ4v) is 3.09. The number of aromatic nitrogens is 6. The van der Waals surface area contributed by atoms with Crippen molar-refractivity contribution in [3.8, 4) is 5.95 Å². The zero-order chi connectivity index (χ0) is 20.0. The standard InChI is InChI=1S/C15H18N8O5/c16-8(25)1-6-2-19-23(3-6)15-20-12(17)9-13(21-15)22(5-18-9)14-11(27)10(26)7(4-24)28-14/h2-3,5,7,10-11,14,24,26-27H,1,4H2,(H2,16,25)(H2,17,20,21)/t7-,10-,11-,14+/m1/s1. The Morgan fingerprint density at radius 1 is 1.29 bits per heavy atom. The van der Waals surface area contributed by atoms with Gasteiger partial charge in [-0.1, -0.05) is 0 Å². The summed E-state index contributed by atoms with van der Waals surface area (Å²) in [7, 11) is 0. The van der Waals surface area contributed by atoms with Gasteiger partial charge in [0.25, 0.3) is 5.95 Å². The number of nitrogens with zero attached hydrogens (tertiary/aromatic N) is 6. The number of anilines is 1. The predicted molar refractivity (Wildman–Crippen MR) is 92.8 cm³/mol. The van der Waals surface area contributed by atoms with Crippen LogP contribution in [0.2, 0.25) is 0 Å². The Bertz CT molecular complexity index is 1030. The molecule has 4 rings (SSSR count). The number of hydrogen-bond acceptors (Lipinski definition) is 10. The molecule has 1 aliphatic heterocycles. The number of nitrogens with two attached hydrogens (primary N) is 2. The summed E-state index contributed by atoms with van der Waals surface area (Å²) in [6.07, 6.45) is -0.189. The van der Waals surface area contributed by atoms with Gasteiger partial charge in [-0.2, -0.15) is 15.1 Å². The normalized spacial score (nSPS) is 24.8. The largest absolute Gasteiger partial charge is 0.394 e. The topological polar surface area (TPSA) is 200 Å². The van der Waals surface area contributed by atoms with E-state index in [1.165, 1.54) is 21.8 Å². The third-order valence-corrected chi connectivity index (χ3v) is 4.45. The Morgan fingerprint density at radius 2 is 2.07 bits per heavy atom. The van der Waals surface area contributed by atoms with Crippen molar-refractivity contribution in [1.29, 1.82) is 0 Å². The maximum atomic E-state index is 11.1. The monoisotopic (exact) mass is 390 g/mol. The van der Waals surface area contributed by atoms with Crippen LogP contribution in [0.3, 0.4) is 0 Å². The van der Waals surface area contributed by atoms with Gasteiger partial charge < -0.3 is 31.5 Å². The van der Waals surface area contributed by atoms with E-state index in [-0.39, 0.29) is 29.4 Å². The molecule has 0 saturated carbocycles. The molecule has 0 unspecified atom stereocenters. The molecule has 13 nitrogen and oxygen atoms in total. The number of aliphatic hydroxyl groups is 3. The lowest BCUT2D eigenvalue weighted by Gasteiger charge is -2.16. The first kappa shape index (κ1) is 18.2. The molecular formula is C15H18N8O5. The summed E-state index contributed by atoms with van der Waals surface area (Å²) in [4.78, 5) is 23.7. The van der Waals surface area contributed by atoms with Crippen LogP contribution in [-0.4, -0.2) is 75.4 Å². The van der Waals surface area contributed by atoms with E-state index in [0.717, 1.165) is 0 Å². The molecule has 1 saturated heterocycles. The number of nitrogen functional groups attached to an aromatic ring is 1. The third kappa shape index (κ3) is 2.95. The van der Waals surface area contributed by atoms with Gasteiger partial charge in [0.1, 0.15) is 23.8 Å². The maximum absolute atomic E-state index is 11.1. The number of imidazole rings is 1. The molecule has 0 bridgehead atoms. The lowest BCUT2D eigenvalue weighted by molar-refractivity contribution is -0.117. The molecule has 0 radical (unpaired) electrons. The minimum Gasteiger partial charge on any atom is -0.394 e. The molecule has 0 spiro atoms. The van der Waals surface area contributed by atoms with E-state index in [1.54, 1.807) is 6.20 Å². The van der Waals surface area contributed by atoms with Gasteiger partial charge in [-0.15, -0.1) is 0 Å². The molecule has 4 atom stereocenters. The number of primary amides is 1. The summed E-state index contributed by atoms with van der Waals surface area (Å²) in [6, 6.07) is 0. The van der Waals surface area contributed by atoms with Crippen molar-refractivity contribution in [2.75, 3.05) is 12.3 Å². The first-order valence-corrected chi connectivity index (χ1v) is 8.33. The van der Waals surface area contributed by atoms with Crippen LogP contribution in [0.4, 0.5) is 5.82 Å². The van der Waals surface area contributed by atoms with Crippen LogP contribution < -0.4 is 11.5 Å². The molecule has 0 aromatic carbocycles. The number of carbonyl (C=O) groups is 1. The van der Waals surface area contributed by atoms with E-state index in [1.807, 2.05) is 0 Å². The SMILES string of the molecule is NC(=O)Cc1cnn(-c2nc(N)c3ncn([C@H]4O[C@H](CO)[C@@H](O)[C@H]4O)c3n2)c1. The van der Waals surface area contributed by atoms with Gasteiger partial charge >= 0.3 is 0 Å². The summed E-state index contributed by atoms with van der Waals surface area (Å²) >= 11 is 0. The van der Waals surface area contributed by atoms with Gasteiger partial charge in [0.05, 0.1) is 25.6 Å². The molecule has 7 N–H and O–H groups in total. The highest BCUT2D eigenvalue weighted by Crippen LogP contribution is 2.32. The van der Waals surface area contributed by atoms with Crippen LogP contribution in [0.5, 0.6) is 0 Å². The van der Waals surface area contributed by atoms with E-state index in [0.29, 0.717) is 5.56 Å². The molecule has 148 valence electrons. The molecule has 3 aromatic heterocycles. The van der Waals surface area contributed by atoms with Gasteiger partial charge in [0.2, 0.25) is 5.91 Å². The molecule has 3 aromatic rings. The van der Waals surface area contributed by atoms with Crippen molar-refractivity contribution in [2.45, 2.75) is 31.0 Å². The number of hydrogen-bond donors (Lipinski definition) is 5. The summed E-state index contributed by atoms with van der Waals surface area (Å²) in [5.41, 5.74) is 12.2. The summed E-state index contributed by atoms with van der Waals surface area (Å²) in [5.74, 6) is -0.329. The van der Waals surface area contributed by atoms with Crippen LogP contribution in [0.25, 0.3) is 17.1 Å². The number of amides is 1. The Kier molecular flexibility index (Phi) is 4.43. The minimum absolute atomic E-state index is 0.0121. The van der Waals surface area contributed by atoms with Crippen molar-refractivity contribution in [3.63, 3.8) is 0 Å². The number of carbonyl (C=O) groups excluding carboxylic acids is 1. The number of rotatable bonds is 5. The fraction of sp³-hybridized carbons (Fsp3) is 0.400. The quantitative estimate of drug-likeness (QED) is 0.304. The number of aliphatic hydroxyl groups excluding tert-OH is 3. The molecule has 0 aliphatic carbocycles. The fourth-order valence-electron chi connectivity index (χ4n) is 3.09. The molecule has 1 aliphatic rings. The Morgan fingerprint density at radius 3 is 2.75 bits per heavy atom. The second kappa shape index (κ2) is 6.79. The smallest absolute Gasteiger partial charge is 0.254 e. The molecule has 1 fully saturated rings. The van der Waals surface area contributed by atoms with Crippen molar-refractivity contribution in [2.24, 2.45) is 5.73 Å². The second-order valence-corrected chi connectivity index (χ2v) is 6.40. The van der Waals surface area contributed by atoms with E-state index < -0.39 is 37.1 Å². The van der Waals surface area contributed by atoms with Crippen molar-refractivity contribution < 1.29 is 24.9 Å². The molecule has 4 heterocycles. The Hall–Kier alpha value is -3.13. The van der Waals surface area contributed by atoms with Gasteiger partial charge in [-0.3, -0.25) is 9.36 Å². The highest BCUT2D eigenvalue weighted by atomic mass is 16.6. The van der Waals surface area contributed by atoms with Crippen LogP contribution >= 0.6 is 0 Å². The van der Waals surface area contributed by atoms with Crippen molar-refractivity contribution >= 4 is 22.9 Å². The first-order chi connectivity index (χ1) is 13.4. The van der Waals surface area contributed by atoms with Gasteiger partial charge in [-0.25, -0.2) is 9.67 Å². The summed E-state index contributed by atoms with van der Waals surface area (Å²) < 4.78 is 8.24. The first-order valence-electron chi connectivity index (χ1n) is 8.33. The summed E-state index contributed by atoms with van der Waals surface area (Å²) in [6.45, 7) is -0.459. The lowest BCUT2D eigenvalue weighted by atomic mass is 10.1. The second-order valence-electron chi connectivity index (χ2n) is 6.40. The maximum Gasteiger partial charge on any atom is 0.254 e.